The van der Waals surface area contributed by atoms with Gasteiger partial charge in [0.05, 0.1) is 17.2 Å². The van der Waals surface area contributed by atoms with Gasteiger partial charge >= 0.3 is 0 Å². The van der Waals surface area contributed by atoms with Gasteiger partial charge in [-0.3, -0.25) is 14.8 Å². The number of aryl methyl sites for hydroxylation is 1. The number of nitro benzene ring substituents is 1. The quantitative estimate of drug-likeness (QED) is 0.572. The van der Waals surface area contributed by atoms with Crippen LogP contribution in [0.25, 0.3) is 11.1 Å². The number of halogens is 1. The Morgan fingerprint density at radius 1 is 1.25 bits per heavy atom. The van der Waals surface area contributed by atoms with Crippen LogP contribution in [0.1, 0.15) is 5.56 Å². The maximum Gasteiger partial charge on any atom is 0.295 e. The van der Waals surface area contributed by atoms with Crippen LogP contribution >= 0.6 is 0 Å². The summed E-state index contributed by atoms with van der Waals surface area (Å²) in [6, 6.07) is 11.3. The van der Waals surface area contributed by atoms with Gasteiger partial charge in [-0.05, 0) is 29.3 Å². The number of nitrogens with one attached hydrogen (secondary N) is 1. The molecule has 0 saturated heterocycles. The van der Waals surface area contributed by atoms with Gasteiger partial charge in [-0.1, -0.05) is 18.2 Å². The molecule has 0 aliphatic carbocycles. The van der Waals surface area contributed by atoms with Crippen molar-refractivity contribution in [2.45, 2.75) is 6.54 Å². The first-order valence-electron chi connectivity index (χ1n) is 7.29. The van der Waals surface area contributed by atoms with E-state index in [1.54, 1.807) is 10.9 Å². The lowest BCUT2D eigenvalue weighted by molar-refractivity contribution is -0.384. The van der Waals surface area contributed by atoms with E-state index >= 15 is 0 Å². The van der Waals surface area contributed by atoms with Crippen LogP contribution in [0, 0.1) is 15.9 Å². The first-order valence-corrected chi connectivity index (χ1v) is 7.29. The predicted molar refractivity (Wildman–Crippen MR) is 89.0 cm³/mol. The molecule has 3 aromatic rings. The molecule has 7 heteroatoms. The molecule has 2 aromatic carbocycles. The molecule has 3 rings (SSSR count). The maximum absolute atomic E-state index is 13.2. The van der Waals surface area contributed by atoms with Crippen molar-refractivity contribution in [1.29, 1.82) is 0 Å². The molecule has 24 heavy (non-hydrogen) atoms. The van der Waals surface area contributed by atoms with E-state index in [0.717, 1.165) is 22.8 Å². The zero-order valence-electron chi connectivity index (χ0n) is 12.9. The lowest BCUT2D eigenvalue weighted by Gasteiger charge is -2.08. The number of benzene rings is 2. The van der Waals surface area contributed by atoms with Crippen LogP contribution in [-0.2, 0) is 13.6 Å². The van der Waals surface area contributed by atoms with Gasteiger partial charge in [0, 0.05) is 25.4 Å². The Balaban J connectivity index is 1.79. The minimum Gasteiger partial charge on any atom is -0.375 e. The van der Waals surface area contributed by atoms with Gasteiger partial charge in [-0.2, -0.15) is 5.10 Å². The summed E-state index contributed by atoms with van der Waals surface area (Å²) in [6.07, 6.45) is 3.69. The van der Waals surface area contributed by atoms with Crippen molar-refractivity contribution in [2.75, 3.05) is 5.32 Å². The first-order chi connectivity index (χ1) is 11.5. The van der Waals surface area contributed by atoms with Gasteiger partial charge < -0.3 is 5.32 Å². The van der Waals surface area contributed by atoms with Crippen LogP contribution in [0.5, 0.6) is 0 Å². The molecule has 1 aromatic heterocycles. The van der Waals surface area contributed by atoms with Crippen LogP contribution in [-0.4, -0.2) is 14.7 Å². The highest BCUT2D eigenvalue weighted by atomic mass is 19.1. The van der Waals surface area contributed by atoms with Gasteiger partial charge in [0.2, 0.25) is 0 Å². The second-order valence-electron chi connectivity index (χ2n) is 5.38. The standard InChI is InChI=1S/C17H15FN4O2/c1-21-11-14(10-20-21)13-4-2-3-12(7-13)9-19-16-6-5-15(18)8-17(16)22(23)24/h2-8,10-11,19H,9H2,1H3. The zero-order chi connectivity index (χ0) is 17.1. The minimum absolute atomic E-state index is 0.279. The molecule has 0 aliphatic heterocycles. The zero-order valence-corrected chi connectivity index (χ0v) is 12.9. The van der Waals surface area contributed by atoms with Crippen molar-refractivity contribution in [3.05, 3.63) is 76.4 Å². The number of hydrogen-bond donors (Lipinski definition) is 1. The molecule has 1 heterocycles. The first kappa shape index (κ1) is 15.7. The van der Waals surface area contributed by atoms with E-state index in [1.807, 2.05) is 37.5 Å². The number of aromatic nitrogens is 2. The summed E-state index contributed by atoms with van der Waals surface area (Å²) in [7, 11) is 1.85. The van der Waals surface area contributed by atoms with E-state index < -0.39 is 10.7 Å². The van der Waals surface area contributed by atoms with Crippen LogP contribution in [0.2, 0.25) is 0 Å². The SMILES string of the molecule is Cn1cc(-c2cccc(CNc3ccc(F)cc3[N+](=O)[O-])c2)cn1. The van der Waals surface area contributed by atoms with E-state index in [9.17, 15) is 14.5 Å². The highest BCUT2D eigenvalue weighted by Gasteiger charge is 2.14. The van der Waals surface area contributed by atoms with Gasteiger partial charge in [0.15, 0.2) is 0 Å². The lowest BCUT2D eigenvalue weighted by atomic mass is 10.1. The fraction of sp³-hybridized carbons (Fsp3) is 0.118. The molecule has 122 valence electrons. The third kappa shape index (κ3) is 3.40. The number of hydrogen-bond acceptors (Lipinski definition) is 4. The fourth-order valence-corrected chi connectivity index (χ4v) is 2.43. The minimum atomic E-state index is -0.633. The average molecular weight is 326 g/mol. The predicted octanol–water partition coefficient (Wildman–Crippen LogP) is 3.75. The molecule has 0 amide bonds. The molecule has 0 aliphatic rings. The molecular weight excluding hydrogens is 311 g/mol. The fourth-order valence-electron chi connectivity index (χ4n) is 2.43. The summed E-state index contributed by atoms with van der Waals surface area (Å²) >= 11 is 0. The van der Waals surface area contributed by atoms with Crippen LogP contribution < -0.4 is 5.32 Å². The van der Waals surface area contributed by atoms with Crippen LogP contribution in [0.4, 0.5) is 15.8 Å². The normalized spacial score (nSPS) is 10.6. The topological polar surface area (TPSA) is 73.0 Å². The van der Waals surface area contributed by atoms with Gasteiger partial charge in [-0.25, -0.2) is 4.39 Å². The van der Waals surface area contributed by atoms with Crippen molar-refractivity contribution in [3.8, 4) is 11.1 Å². The van der Waals surface area contributed by atoms with Crippen molar-refractivity contribution >= 4 is 11.4 Å². The number of nitro groups is 1. The van der Waals surface area contributed by atoms with Gasteiger partial charge in [0.1, 0.15) is 11.5 Å². The van der Waals surface area contributed by atoms with Crippen molar-refractivity contribution in [3.63, 3.8) is 0 Å². The average Bonchev–Trinajstić information content (AvgIpc) is 3.00. The molecular formula is C17H15FN4O2. The van der Waals surface area contributed by atoms with Crippen LogP contribution in [0.15, 0.2) is 54.9 Å². The summed E-state index contributed by atoms with van der Waals surface area (Å²) in [6.45, 7) is 0.389. The highest BCUT2D eigenvalue weighted by Crippen LogP contribution is 2.26. The van der Waals surface area contributed by atoms with Crippen molar-refractivity contribution in [2.24, 2.45) is 7.05 Å². The number of rotatable bonds is 5. The Morgan fingerprint density at radius 2 is 2.08 bits per heavy atom. The van der Waals surface area contributed by atoms with E-state index in [2.05, 4.69) is 10.4 Å². The third-order valence-electron chi connectivity index (χ3n) is 3.60. The Morgan fingerprint density at radius 3 is 2.79 bits per heavy atom. The molecule has 1 N–H and O–H groups in total. The Bertz CT molecular complexity index is 892. The maximum atomic E-state index is 13.2. The Hall–Kier alpha value is -3.22. The molecule has 0 spiro atoms. The van der Waals surface area contributed by atoms with Crippen molar-refractivity contribution in [1.82, 2.24) is 9.78 Å². The Kier molecular flexibility index (Phi) is 4.24. The molecule has 0 unspecified atom stereocenters. The smallest absolute Gasteiger partial charge is 0.295 e. The largest absolute Gasteiger partial charge is 0.375 e. The number of anilines is 1. The second-order valence-corrected chi connectivity index (χ2v) is 5.38. The van der Waals surface area contributed by atoms with Crippen molar-refractivity contribution < 1.29 is 9.31 Å². The van der Waals surface area contributed by atoms with E-state index in [0.29, 0.717) is 6.54 Å². The summed E-state index contributed by atoms with van der Waals surface area (Å²) in [5.74, 6) is -0.633. The number of nitrogens with zero attached hydrogens (tertiary/aromatic N) is 3. The lowest BCUT2D eigenvalue weighted by Crippen LogP contribution is -2.03. The summed E-state index contributed by atoms with van der Waals surface area (Å²) < 4.78 is 14.9. The monoisotopic (exact) mass is 326 g/mol. The Labute approximate surface area is 137 Å². The molecule has 0 bridgehead atoms. The van der Waals surface area contributed by atoms with Gasteiger partial charge in [-0.15, -0.1) is 0 Å². The van der Waals surface area contributed by atoms with Crippen LogP contribution in [0.3, 0.4) is 0 Å². The van der Waals surface area contributed by atoms with E-state index in [1.165, 1.54) is 12.1 Å². The van der Waals surface area contributed by atoms with E-state index in [4.69, 9.17) is 0 Å². The molecule has 0 fully saturated rings. The third-order valence-corrected chi connectivity index (χ3v) is 3.60. The summed E-state index contributed by atoms with van der Waals surface area (Å²) in [5, 5.41) is 18.2. The molecule has 6 nitrogen and oxygen atoms in total. The van der Waals surface area contributed by atoms with E-state index in [-0.39, 0.29) is 11.4 Å². The highest BCUT2D eigenvalue weighted by molar-refractivity contribution is 5.64. The summed E-state index contributed by atoms with van der Waals surface area (Å²) in [4.78, 5) is 10.4. The molecule has 0 radical (unpaired) electrons. The second kappa shape index (κ2) is 6.49. The molecule has 0 atom stereocenters. The molecule has 0 saturated carbocycles. The van der Waals surface area contributed by atoms with Gasteiger partial charge in [0.25, 0.3) is 5.69 Å². The summed E-state index contributed by atoms with van der Waals surface area (Å²) in [5.41, 5.74) is 2.96.